The Balaban J connectivity index is 1.61. The van der Waals surface area contributed by atoms with E-state index in [0.717, 1.165) is 47.5 Å². The minimum absolute atomic E-state index is 0.00384. The molecule has 10 nitrogen and oxygen atoms in total. The number of anilines is 1. The Morgan fingerprint density at radius 3 is 2.02 bits per heavy atom. The van der Waals surface area contributed by atoms with Gasteiger partial charge in [-0.05, 0) is 54.3 Å². The zero-order valence-corrected chi connectivity index (χ0v) is 30.7. The molecule has 270 valence electrons. The van der Waals surface area contributed by atoms with E-state index in [1.54, 1.807) is 6.07 Å². The lowest BCUT2D eigenvalue weighted by Gasteiger charge is -2.35. The Morgan fingerprint density at radius 1 is 0.784 bits per heavy atom. The van der Waals surface area contributed by atoms with E-state index in [9.17, 15) is 18.0 Å². The fourth-order valence-electron chi connectivity index (χ4n) is 6.35. The van der Waals surface area contributed by atoms with Crippen molar-refractivity contribution in [3.05, 3.63) is 113 Å². The molecule has 2 amide bonds. The molecule has 0 saturated heterocycles. The number of ether oxygens (including phenoxy) is 3. The first-order chi connectivity index (χ1) is 24.6. The molecule has 1 atom stereocenters. The number of nitrogens with zero attached hydrogens (tertiary/aromatic N) is 2. The van der Waals surface area contributed by atoms with Crippen LogP contribution in [-0.4, -0.2) is 65.1 Å². The Labute approximate surface area is 305 Å². The van der Waals surface area contributed by atoms with Crippen molar-refractivity contribution < 1.29 is 32.2 Å². The molecule has 0 radical (unpaired) electrons. The number of nitrogens with one attached hydrogen (secondary N) is 1. The van der Waals surface area contributed by atoms with E-state index in [-0.39, 0.29) is 52.0 Å². The van der Waals surface area contributed by atoms with Crippen molar-refractivity contribution in [2.75, 3.05) is 32.2 Å². The molecular formula is C39H44ClN3O7S. The van der Waals surface area contributed by atoms with Crippen molar-refractivity contribution in [2.45, 2.75) is 62.0 Å². The number of amides is 2. The normalized spacial score (nSPS) is 13.9. The van der Waals surface area contributed by atoms with Crippen LogP contribution in [-0.2, 0) is 32.6 Å². The summed E-state index contributed by atoms with van der Waals surface area (Å²) in [5, 5.41) is 3.46. The third-order valence-electron chi connectivity index (χ3n) is 9.05. The zero-order chi connectivity index (χ0) is 36.4. The first-order valence-corrected chi connectivity index (χ1v) is 18.7. The van der Waals surface area contributed by atoms with Gasteiger partial charge < -0.3 is 24.4 Å². The van der Waals surface area contributed by atoms with E-state index in [0.29, 0.717) is 5.75 Å². The van der Waals surface area contributed by atoms with Gasteiger partial charge in [-0.3, -0.25) is 13.9 Å². The van der Waals surface area contributed by atoms with Crippen LogP contribution in [0.1, 0.15) is 43.2 Å². The third kappa shape index (κ3) is 9.33. The average molecular weight is 734 g/mol. The molecule has 1 aliphatic rings. The van der Waals surface area contributed by atoms with Crippen molar-refractivity contribution in [2.24, 2.45) is 0 Å². The van der Waals surface area contributed by atoms with Gasteiger partial charge in [0.05, 0.1) is 31.9 Å². The predicted octanol–water partition coefficient (Wildman–Crippen LogP) is 6.65. The van der Waals surface area contributed by atoms with Crippen LogP contribution >= 0.6 is 11.6 Å². The van der Waals surface area contributed by atoms with Crippen molar-refractivity contribution in [1.82, 2.24) is 10.2 Å². The number of hydrogen-bond acceptors (Lipinski definition) is 7. The van der Waals surface area contributed by atoms with E-state index in [1.807, 2.05) is 60.7 Å². The molecule has 51 heavy (non-hydrogen) atoms. The quantitative estimate of drug-likeness (QED) is 0.146. The highest BCUT2D eigenvalue weighted by Crippen LogP contribution is 2.37. The highest BCUT2D eigenvalue weighted by atomic mass is 35.5. The van der Waals surface area contributed by atoms with E-state index in [2.05, 4.69) is 5.32 Å². The monoisotopic (exact) mass is 733 g/mol. The number of methoxy groups -OCH3 is 3. The maximum absolute atomic E-state index is 14.9. The van der Waals surface area contributed by atoms with Gasteiger partial charge in [0.1, 0.15) is 18.3 Å². The minimum Gasteiger partial charge on any atom is -0.495 e. The molecule has 0 bridgehead atoms. The molecule has 1 fully saturated rings. The van der Waals surface area contributed by atoms with E-state index < -0.39 is 28.5 Å². The Hall–Kier alpha value is -4.74. The van der Waals surface area contributed by atoms with Crippen LogP contribution in [0, 0.1) is 0 Å². The SMILES string of the molecule is COc1ccc(S(=O)(=O)N(CC(=O)N(Cc2ccccc2)[C@H](Cc2ccccc2)C(=O)NC2CCCCC2)c2cc(Cl)ccc2OC)cc1OC. The van der Waals surface area contributed by atoms with Gasteiger partial charge in [-0.2, -0.15) is 0 Å². The van der Waals surface area contributed by atoms with Crippen LogP contribution < -0.4 is 23.8 Å². The van der Waals surface area contributed by atoms with Gasteiger partial charge in [0.15, 0.2) is 11.5 Å². The highest BCUT2D eigenvalue weighted by molar-refractivity contribution is 7.92. The summed E-state index contributed by atoms with van der Waals surface area (Å²) in [6.45, 7) is -0.603. The molecule has 1 N–H and O–H groups in total. The summed E-state index contributed by atoms with van der Waals surface area (Å²) in [5.74, 6) is -0.173. The lowest BCUT2D eigenvalue weighted by atomic mass is 9.94. The predicted molar refractivity (Wildman–Crippen MR) is 198 cm³/mol. The summed E-state index contributed by atoms with van der Waals surface area (Å²) in [4.78, 5) is 30.5. The number of benzene rings is 4. The standard InChI is InChI=1S/C39H44ClN3O7S/c1-48-35-21-19-30(40)24-33(35)43(51(46,47)32-20-22-36(49-2)37(25-32)50-3)27-38(44)42(26-29-15-9-5-10-16-29)34(23-28-13-7-4-8-14-28)39(45)41-31-17-11-6-12-18-31/h4-5,7-10,13-16,19-22,24-25,31,34H,6,11-12,17-18,23,26-27H2,1-3H3,(H,41,45)/t34-/m1/s1. The number of sulfonamides is 1. The molecule has 12 heteroatoms. The maximum Gasteiger partial charge on any atom is 0.265 e. The van der Waals surface area contributed by atoms with Crippen molar-refractivity contribution >= 4 is 39.1 Å². The molecular weight excluding hydrogens is 690 g/mol. The molecule has 0 unspecified atom stereocenters. The van der Waals surface area contributed by atoms with Crippen LogP contribution in [0.3, 0.4) is 0 Å². The van der Waals surface area contributed by atoms with Gasteiger partial charge in [-0.15, -0.1) is 0 Å². The number of carbonyl (C=O) groups is 2. The van der Waals surface area contributed by atoms with Gasteiger partial charge in [-0.1, -0.05) is 91.5 Å². The Kier molecular flexibility index (Phi) is 12.8. The summed E-state index contributed by atoms with van der Waals surface area (Å²) < 4.78 is 46.6. The van der Waals surface area contributed by atoms with Crippen LogP contribution in [0.4, 0.5) is 5.69 Å². The molecule has 0 spiro atoms. The number of carbonyl (C=O) groups excluding carboxylic acids is 2. The molecule has 4 aromatic carbocycles. The summed E-state index contributed by atoms with van der Waals surface area (Å²) >= 11 is 6.42. The van der Waals surface area contributed by atoms with Gasteiger partial charge in [0.2, 0.25) is 11.8 Å². The average Bonchev–Trinajstić information content (AvgIpc) is 3.15. The summed E-state index contributed by atoms with van der Waals surface area (Å²) in [6.07, 6.45) is 5.11. The van der Waals surface area contributed by atoms with E-state index in [1.165, 1.54) is 56.6 Å². The molecule has 4 aromatic rings. The maximum atomic E-state index is 14.9. The summed E-state index contributed by atoms with van der Waals surface area (Å²) in [7, 11) is -0.218. The van der Waals surface area contributed by atoms with Gasteiger partial charge >= 0.3 is 0 Å². The largest absolute Gasteiger partial charge is 0.495 e. The molecule has 0 aromatic heterocycles. The number of hydrogen-bond donors (Lipinski definition) is 1. The van der Waals surface area contributed by atoms with Crippen LogP contribution in [0.25, 0.3) is 0 Å². The molecule has 5 rings (SSSR count). The smallest absolute Gasteiger partial charge is 0.265 e. The second-order valence-electron chi connectivity index (χ2n) is 12.4. The fraction of sp³-hybridized carbons (Fsp3) is 0.333. The van der Waals surface area contributed by atoms with E-state index >= 15 is 0 Å². The molecule has 1 aliphatic carbocycles. The van der Waals surface area contributed by atoms with Gasteiger partial charge in [0, 0.05) is 30.1 Å². The second-order valence-corrected chi connectivity index (χ2v) is 14.7. The number of halogens is 1. The van der Waals surface area contributed by atoms with Gasteiger partial charge in [-0.25, -0.2) is 8.42 Å². The molecule has 1 saturated carbocycles. The first-order valence-electron chi connectivity index (χ1n) is 16.9. The topological polar surface area (TPSA) is 114 Å². The van der Waals surface area contributed by atoms with Crippen molar-refractivity contribution in [1.29, 1.82) is 0 Å². The van der Waals surface area contributed by atoms with Crippen LogP contribution in [0.2, 0.25) is 5.02 Å². The summed E-state index contributed by atoms with van der Waals surface area (Å²) in [5.41, 5.74) is 1.70. The Morgan fingerprint density at radius 2 is 1.39 bits per heavy atom. The van der Waals surface area contributed by atoms with Crippen molar-refractivity contribution in [3.8, 4) is 17.2 Å². The zero-order valence-electron chi connectivity index (χ0n) is 29.1. The van der Waals surface area contributed by atoms with E-state index in [4.69, 9.17) is 25.8 Å². The number of rotatable bonds is 15. The second kappa shape index (κ2) is 17.5. The molecule has 0 heterocycles. The van der Waals surface area contributed by atoms with Crippen molar-refractivity contribution in [3.63, 3.8) is 0 Å². The summed E-state index contributed by atoms with van der Waals surface area (Å²) in [6, 6.07) is 26.6. The fourth-order valence-corrected chi connectivity index (χ4v) is 7.95. The minimum atomic E-state index is -4.48. The lowest BCUT2D eigenvalue weighted by Crippen LogP contribution is -2.55. The highest BCUT2D eigenvalue weighted by Gasteiger charge is 2.36. The molecule has 0 aliphatic heterocycles. The third-order valence-corrected chi connectivity index (χ3v) is 11.0. The van der Waals surface area contributed by atoms with Crippen LogP contribution in [0.15, 0.2) is 102 Å². The Bertz CT molecular complexity index is 1890. The lowest BCUT2D eigenvalue weighted by molar-refractivity contribution is -0.140. The first kappa shape index (κ1) is 37.5. The van der Waals surface area contributed by atoms with Gasteiger partial charge in [0.25, 0.3) is 10.0 Å². The van der Waals surface area contributed by atoms with Crippen LogP contribution in [0.5, 0.6) is 17.2 Å².